The number of esters is 2. The zero-order chi connectivity index (χ0) is 15.1. The molecule has 19 heavy (non-hydrogen) atoms. The van der Waals surface area contributed by atoms with E-state index in [0.29, 0.717) is 5.57 Å². The number of carbonyl (C=O) groups excluding carboxylic acids is 2. The van der Waals surface area contributed by atoms with Gasteiger partial charge in [-0.15, -0.1) is 0 Å². The minimum absolute atomic E-state index is 0.0474. The molecule has 0 bridgehead atoms. The first-order valence-corrected chi connectivity index (χ1v) is 6.52. The predicted molar refractivity (Wildman–Crippen MR) is 73.7 cm³/mol. The highest BCUT2D eigenvalue weighted by Gasteiger charge is 2.34. The minimum Gasteiger partial charge on any atom is -0.461 e. The highest BCUT2D eigenvalue weighted by Crippen LogP contribution is 2.15. The number of rotatable bonds is 8. The molecule has 0 N–H and O–H groups in total. The minimum atomic E-state index is -0.679. The largest absolute Gasteiger partial charge is 0.461 e. The zero-order valence-corrected chi connectivity index (χ0v) is 12.6. The third-order valence-corrected chi connectivity index (χ3v) is 2.95. The van der Waals surface area contributed by atoms with E-state index in [9.17, 15) is 9.59 Å². The summed E-state index contributed by atoms with van der Waals surface area (Å²) in [6, 6.07) is 0. The first-order chi connectivity index (χ1) is 8.77. The molecule has 0 saturated carbocycles. The number of hydrogen-bond donors (Lipinski definition) is 0. The van der Waals surface area contributed by atoms with Crippen molar-refractivity contribution < 1.29 is 19.1 Å². The molecule has 0 aliphatic heterocycles. The van der Waals surface area contributed by atoms with Gasteiger partial charge in [0, 0.05) is 5.57 Å². The molecule has 0 aromatic heterocycles. The Balaban J connectivity index is 4.17. The fraction of sp³-hybridized carbons (Fsp3) is 0.714. The van der Waals surface area contributed by atoms with Gasteiger partial charge in [0.1, 0.15) is 18.8 Å². The first kappa shape index (κ1) is 17.6. The molecule has 0 heterocycles. The average Bonchev–Trinajstić information content (AvgIpc) is 2.34. The van der Waals surface area contributed by atoms with Gasteiger partial charge >= 0.3 is 11.9 Å². The van der Waals surface area contributed by atoms with Crippen LogP contribution < -0.4 is 0 Å². The van der Waals surface area contributed by atoms with E-state index in [-0.39, 0.29) is 19.2 Å². The van der Waals surface area contributed by atoms with Gasteiger partial charge < -0.3 is 9.47 Å². The van der Waals surface area contributed by atoms with E-state index in [0.717, 1.165) is 13.1 Å². The fourth-order valence-corrected chi connectivity index (χ4v) is 1.71. The molecule has 0 aromatic rings. The maximum Gasteiger partial charge on any atom is 0.333 e. The van der Waals surface area contributed by atoms with Crippen LogP contribution in [0.2, 0.25) is 0 Å². The van der Waals surface area contributed by atoms with Crippen molar-refractivity contribution in [1.82, 2.24) is 4.90 Å². The van der Waals surface area contributed by atoms with Crippen molar-refractivity contribution >= 4 is 11.9 Å². The van der Waals surface area contributed by atoms with Crippen LogP contribution in [-0.2, 0) is 19.1 Å². The Morgan fingerprint density at radius 3 is 2.00 bits per heavy atom. The Labute approximate surface area is 115 Å². The number of ether oxygens (including phenoxy) is 2. The third-order valence-electron chi connectivity index (χ3n) is 2.95. The lowest BCUT2D eigenvalue weighted by molar-refractivity contribution is -0.159. The second-order valence-corrected chi connectivity index (χ2v) is 4.78. The zero-order valence-electron chi connectivity index (χ0n) is 12.6. The summed E-state index contributed by atoms with van der Waals surface area (Å²) in [6.45, 7) is 14.3. The van der Waals surface area contributed by atoms with Crippen LogP contribution in [-0.4, -0.2) is 48.7 Å². The molecule has 110 valence electrons. The molecular weight excluding hydrogens is 246 g/mol. The molecule has 0 amide bonds. The summed E-state index contributed by atoms with van der Waals surface area (Å²) >= 11 is 0. The molecule has 0 fully saturated rings. The van der Waals surface area contributed by atoms with Gasteiger partial charge in [-0.3, -0.25) is 9.69 Å². The molecular formula is C14H25NO4. The summed E-state index contributed by atoms with van der Waals surface area (Å²) in [5, 5.41) is 0. The number of hydrogen-bond acceptors (Lipinski definition) is 5. The number of likely N-dealkylation sites (N-methyl/N-ethyl adjacent to an activating group) is 1. The van der Waals surface area contributed by atoms with E-state index < -0.39 is 11.5 Å². The molecule has 5 heteroatoms. The maximum absolute atomic E-state index is 12.0. The van der Waals surface area contributed by atoms with Gasteiger partial charge in [-0.2, -0.15) is 0 Å². The highest BCUT2D eigenvalue weighted by molar-refractivity contribution is 5.86. The Hall–Kier alpha value is -1.36. The van der Waals surface area contributed by atoms with Crippen molar-refractivity contribution in [3.63, 3.8) is 0 Å². The van der Waals surface area contributed by atoms with E-state index in [2.05, 4.69) is 6.58 Å². The topological polar surface area (TPSA) is 55.8 Å². The molecule has 0 aromatic carbocycles. The number of nitrogens with zero attached hydrogens (tertiary/aromatic N) is 1. The van der Waals surface area contributed by atoms with Crippen LogP contribution >= 0.6 is 0 Å². The quantitative estimate of drug-likeness (QED) is 0.382. The second-order valence-electron chi connectivity index (χ2n) is 4.78. The van der Waals surface area contributed by atoms with Crippen molar-refractivity contribution in [2.75, 3.05) is 26.3 Å². The van der Waals surface area contributed by atoms with Gasteiger partial charge in [-0.25, -0.2) is 4.79 Å². The van der Waals surface area contributed by atoms with Crippen molar-refractivity contribution in [3.05, 3.63) is 12.2 Å². The molecule has 5 nitrogen and oxygen atoms in total. The van der Waals surface area contributed by atoms with Crippen LogP contribution in [0.25, 0.3) is 0 Å². The Morgan fingerprint density at radius 2 is 1.58 bits per heavy atom. The maximum atomic E-state index is 12.0. The normalized spacial score (nSPS) is 11.3. The van der Waals surface area contributed by atoms with Crippen molar-refractivity contribution in [2.45, 2.75) is 40.2 Å². The molecule has 0 saturated heterocycles. The monoisotopic (exact) mass is 271 g/mol. The van der Waals surface area contributed by atoms with Crippen LogP contribution in [0.5, 0.6) is 0 Å². The summed E-state index contributed by atoms with van der Waals surface area (Å²) in [4.78, 5) is 25.1. The summed E-state index contributed by atoms with van der Waals surface area (Å²) in [5.74, 6) is -0.790. The standard InChI is InChI=1S/C14H25NO4/c1-7-15(8-2)14(5,6)13(17)19-10-9-18-12(16)11(3)4/h3,7-10H2,1-2,4-6H3. The summed E-state index contributed by atoms with van der Waals surface area (Å²) in [7, 11) is 0. The Kier molecular flexibility index (Phi) is 7.37. The molecule has 0 rings (SSSR count). The van der Waals surface area contributed by atoms with Crippen LogP contribution in [0.15, 0.2) is 12.2 Å². The summed E-state index contributed by atoms with van der Waals surface area (Å²) in [5.41, 5.74) is -0.350. The van der Waals surface area contributed by atoms with Gasteiger partial charge in [-0.05, 0) is 33.9 Å². The highest BCUT2D eigenvalue weighted by atomic mass is 16.6. The van der Waals surface area contributed by atoms with Crippen LogP contribution in [0.3, 0.4) is 0 Å². The fourth-order valence-electron chi connectivity index (χ4n) is 1.71. The van der Waals surface area contributed by atoms with Crippen molar-refractivity contribution in [1.29, 1.82) is 0 Å². The molecule has 0 unspecified atom stereocenters. The van der Waals surface area contributed by atoms with Gasteiger partial charge in [-0.1, -0.05) is 20.4 Å². The van der Waals surface area contributed by atoms with E-state index in [1.807, 2.05) is 32.6 Å². The summed E-state index contributed by atoms with van der Waals surface area (Å²) in [6.07, 6.45) is 0. The van der Waals surface area contributed by atoms with Crippen LogP contribution in [0.1, 0.15) is 34.6 Å². The summed E-state index contributed by atoms with van der Waals surface area (Å²) < 4.78 is 9.98. The van der Waals surface area contributed by atoms with Gasteiger partial charge in [0.2, 0.25) is 0 Å². The third kappa shape index (κ3) is 5.42. The smallest absolute Gasteiger partial charge is 0.333 e. The van der Waals surface area contributed by atoms with Crippen molar-refractivity contribution in [2.24, 2.45) is 0 Å². The van der Waals surface area contributed by atoms with Gasteiger partial charge in [0.05, 0.1) is 0 Å². The lowest BCUT2D eigenvalue weighted by Crippen LogP contribution is -2.51. The molecule has 0 aliphatic carbocycles. The second kappa shape index (κ2) is 7.94. The van der Waals surface area contributed by atoms with Crippen LogP contribution in [0.4, 0.5) is 0 Å². The molecule has 0 spiro atoms. The lowest BCUT2D eigenvalue weighted by atomic mass is 10.0. The predicted octanol–water partition coefficient (Wildman–Crippen LogP) is 1.77. The molecule has 0 aliphatic rings. The Bertz CT molecular complexity index is 332. The first-order valence-electron chi connectivity index (χ1n) is 6.52. The van der Waals surface area contributed by atoms with Crippen molar-refractivity contribution in [3.8, 4) is 0 Å². The van der Waals surface area contributed by atoms with E-state index >= 15 is 0 Å². The van der Waals surface area contributed by atoms with Gasteiger partial charge in [0.25, 0.3) is 0 Å². The molecule has 0 radical (unpaired) electrons. The number of carbonyl (C=O) groups is 2. The SMILES string of the molecule is C=C(C)C(=O)OCCOC(=O)C(C)(C)N(CC)CC. The van der Waals surface area contributed by atoms with E-state index in [1.54, 1.807) is 6.92 Å². The van der Waals surface area contributed by atoms with E-state index in [4.69, 9.17) is 9.47 Å². The van der Waals surface area contributed by atoms with Gasteiger partial charge in [0.15, 0.2) is 0 Å². The van der Waals surface area contributed by atoms with Crippen LogP contribution in [0, 0.1) is 0 Å². The Morgan fingerprint density at radius 1 is 1.11 bits per heavy atom. The van der Waals surface area contributed by atoms with E-state index in [1.165, 1.54) is 0 Å². The lowest BCUT2D eigenvalue weighted by Gasteiger charge is -2.34. The molecule has 0 atom stereocenters. The average molecular weight is 271 g/mol.